The van der Waals surface area contributed by atoms with E-state index in [0.717, 1.165) is 21.8 Å². The van der Waals surface area contributed by atoms with E-state index in [1.165, 1.54) is 11.8 Å². The number of thioether (sulfide) groups is 1. The molecule has 0 saturated heterocycles. The molecule has 31 heavy (non-hydrogen) atoms. The van der Waals surface area contributed by atoms with Crippen LogP contribution in [0.5, 0.6) is 5.75 Å². The number of carbonyl (C=O) groups excluding carboxylic acids is 1. The zero-order valence-corrected chi connectivity index (χ0v) is 18.9. The standard InChI is InChI=1S/C23H22N4O2S2/c1-16-10-11-19(29-2)18(13-16)24-21(28)15-31-23-26-25-22(20-9-6-12-30-20)27(23)14-17-7-4-3-5-8-17/h3-13H,14-15H2,1-2H3,(H,24,28). The van der Waals surface area contributed by atoms with E-state index in [-0.39, 0.29) is 11.7 Å². The number of hydrogen-bond donors (Lipinski definition) is 1. The van der Waals surface area contributed by atoms with E-state index in [0.29, 0.717) is 23.1 Å². The lowest BCUT2D eigenvalue weighted by Crippen LogP contribution is -2.15. The monoisotopic (exact) mass is 450 g/mol. The molecule has 1 N–H and O–H groups in total. The van der Waals surface area contributed by atoms with Crippen molar-refractivity contribution in [1.82, 2.24) is 14.8 Å². The first-order valence-corrected chi connectivity index (χ1v) is 11.6. The molecular formula is C23H22N4O2S2. The average Bonchev–Trinajstić information content (AvgIpc) is 3.43. The smallest absolute Gasteiger partial charge is 0.234 e. The predicted molar refractivity (Wildman–Crippen MR) is 126 cm³/mol. The molecule has 0 radical (unpaired) electrons. The van der Waals surface area contributed by atoms with Crippen LogP contribution in [0.4, 0.5) is 5.69 Å². The summed E-state index contributed by atoms with van der Waals surface area (Å²) in [5.74, 6) is 1.54. The maximum Gasteiger partial charge on any atom is 0.234 e. The summed E-state index contributed by atoms with van der Waals surface area (Å²) in [5, 5.41) is 14.4. The minimum atomic E-state index is -0.124. The van der Waals surface area contributed by atoms with Crippen molar-refractivity contribution in [3.63, 3.8) is 0 Å². The van der Waals surface area contributed by atoms with E-state index in [4.69, 9.17) is 4.74 Å². The molecule has 0 spiro atoms. The molecule has 4 rings (SSSR count). The van der Waals surface area contributed by atoms with Gasteiger partial charge in [0.25, 0.3) is 0 Å². The van der Waals surface area contributed by atoms with E-state index < -0.39 is 0 Å². The lowest BCUT2D eigenvalue weighted by atomic mass is 10.2. The maximum atomic E-state index is 12.6. The molecular weight excluding hydrogens is 428 g/mol. The van der Waals surface area contributed by atoms with Crippen LogP contribution in [0.1, 0.15) is 11.1 Å². The Balaban J connectivity index is 1.52. The number of benzene rings is 2. The van der Waals surface area contributed by atoms with E-state index >= 15 is 0 Å². The van der Waals surface area contributed by atoms with Crippen LogP contribution in [0.3, 0.4) is 0 Å². The van der Waals surface area contributed by atoms with Gasteiger partial charge in [-0.05, 0) is 41.6 Å². The molecule has 0 bridgehead atoms. The van der Waals surface area contributed by atoms with Gasteiger partial charge in [-0.25, -0.2) is 0 Å². The number of anilines is 1. The highest BCUT2D eigenvalue weighted by atomic mass is 32.2. The fourth-order valence-corrected chi connectivity index (χ4v) is 4.58. The second-order valence-corrected chi connectivity index (χ2v) is 8.79. The number of methoxy groups -OCH3 is 1. The molecule has 0 saturated carbocycles. The van der Waals surface area contributed by atoms with Crippen LogP contribution in [-0.4, -0.2) is 33.5 Å². The number of aryl methyl sites for hydroxylation is 1. The van der Waals surface area contributed by atoms with Crippen molar-refractivity contribution in [2.24, 2.45) is 0 Å². The number of thiophene rings is 1. The second-order valence-electron chi connectivity index (χ2n) is 6.90. The Morgan fingerprint density at radius 3 is 2.71 bits per heavy atom. The van der Waals surface area contributed by atoms with Crippen molar-refractivity contribution in [2.75, 3.05) is 18.2 Å². The SMILES string of the molecule is COc1ccc(C)cc1NC(=O)CSc1nnc(-c2cccs2)n1Cc1ccccc1. The highest BCUT2D eigenvalue weighted by molar-refractivity contribution is 7.99. The van der Waals surface area contributed by atoms with Crippen molar-refractivity contribution >= 4 is 34.7 Å². The van der Waals surface area contributed by atoms with Crippen molar-refractivity contribution in [3.8, 4) is 16.5 Å². The predicted octanol–water partition coefficient (Wildman–Crippen LogP) is 5.10. The Hall–Kier alpha value is -3.10. The number of amides is 1. The van der Waals surface area contributed by atoms with Crippen LogP contribution < -0.4 is 10.1 Å². The fourth-order valence-electron chi connectivity index (χ4n) is 3.13. The Morgan fingerprint density at radius 2 is 1.97 bits per heavy atom. The summed E-state index contributed by atoms with van der Waals surface area (Å²) in [7, 11) is 1.59. The first-order valence-electron chi connectivity index (χ1n) is 9.72. The molecule has 8 heteroatoms. The van der Waals surface area contributed by atoms with Gasteiger partial charge in [0.2, 0.25) is 5.91 Å². The van der Waals surface area contributed by atoms with Gasteiger partial charge in [0.15, 0.2) is 11.0 Å². The van der Waals surface area contributed by atoms with Crippen LogP contribution in [0, 0.1) is 6.92 Å². The van der Waals surface area contributed by atoms with E-state index in [1.807, 2.05) is 60.8 Å². The number of ether oxygens (including phenoxy) is 1. The number of hydrogen-bond acceptors (Lipinski definition) is 6. The van der Waals surface area contributed by atoms with E-state index in [1.54, 1.807) is 18.4 Å². The first kappa shape index (κ1) is 21.1. The van der Waals surface area contributed by atoms with Crippen LogP contribution in [0.15, 0.2) is 71.2 Å². The summed E-state index contributed by atoms with van der Waals surface area (Å²) >= 11 is 2.99. The fraction of sp³-hybridized carbons (Fsp3) is 0.174. The zero-order valence-electron chi connectivity index (χ0n) is 17.2. The van der Waals surface area contributed by atoms with Crippen molar-refractivity contribution in [1.29, 1.82) is 0 Å². The summed E-state index contributed by atoms with van der Waals surface area (Å²) in [4.78, 5) is 13.7. The molecule has 158 valence electrons. The summed E-state index contributed by atoms with van der Waals surface area (Å²) in [6.45, 7) is 2.61. The number of carbonyl (C=O) groups is 1. The van der Waals surface area contributed by atoms with Crippen LogP contribution >= 0.6 is 23.1 Å². The van der Waals surface area contributed by atoms with Crippen molar-refractivity contribution in [2.45, 2.75) is 18.6 Å². The molecule has 0 fully saturated rings. The van der Waals surface area contributed by atoms with Gasteiger partial charge in [-0.2, -0.15) is 0 Å². The van der Waals surface area contributed by atoms with E-state index in [2.05, 4.69) is 32.2 Å². The minimum absolute atomic E-state index is 0.124. The van der Waals surface area contributed by atoms with E-state index in [9.17, 15) is 4.79 Å². The molecule has 0 unspecified atom stereocenters. The Morgan fingerprint density at radius 1 is 1.13 bits per heavy atom. The number of nitrogens with one attached hydrogen (secondary N) is 1. The van der Waals surface area contributed by atoms with Gasteiger partial charge < -0.3 is 10.1 Å². The third-order valence-corrected chi connectivity index (χ3v) is 6.44. The quantitative estimate of drug-likeness (QED) is 0.378. The third-order valence-electron chi connectivity index (χ3n) is 4.60. The third kappa shape index (κ3) is 5.15. The van der Waals surface area contributed by atoms with Gasteiger partial charge in [0.1, 0.15) is 5.75 Å². The van der Waals surface area contributed by atoms with Crippen molar-refractivity contribution < 1.29 is 9.53 Å². The number of aromatic nitrogens is 3. The van der Waals surface area contributed by atoms with Gasteiger partial charge in [-0.1, -0.05) is 54.2 Å². The Labute approximate surface area is 189 Å². The molecule has 1 amide bonds. The summed E-state index contributed by atoms with van der Waals surface area (Å²) in [5.41, 5.74) is 2.86. The van der Waals surface area contributed by atoms with Gasteiger partial charge >= 0.3 is 0 Å². The second kappa shape index (κ2) is 9.80. The molecule has 2 aromatic heterocycles. The number of nitrogens with zero attached hydrogens (tertiary/aromatic N) is 3. The molecule has 4 aromatic rings. The van der Waals surface area contributed by atoms with Gasteiger partial charge in [-0.15, -0.1) is 21.5 Å². The molecule has 2 heterocycles. The average molecular weight is 451 g/mol. The normalized spacial score (nSPS) is 10.8. The van der Waals surface area contributed by atoms with Crippen LogP contribution in [0.25, 0.3) is 10.7 Å². The molecule has 0 aliphatic heterocycles. The topological polar surface area (TPSA) is 69.0 Å². The van der Waals surface area contributed by atoms with Crippen LogP contribution in [-0.2, 0) is 11.3 Å². The molecule has 0 atom stereocenters. The highest BCUT2D eigenvalue weighted by Gasteiger charge is 2.17. The summed E-state index contributed by atoms with van der Waals surface area (Å²) in [6.07, 6.45) is 0. The lowest BCUT2D eigenvalue weighted by molar-refractivity contribution is -0.113. The largest absolute Gasteiger partial charge is 0.495 e. The van der Waals surface area contributed by atoms with Gasteiger partial charge in [0, 0.05) is 0 Å². The zero-order chi connectivity index (χ0) is 21.6. The molecule has 2 aromatic carbocycles. The van der Waals surface area contributed by atoms with Crippen LogP contribution in [0.2, 0.25) is 0 Å². The molecule has 0 aliphatic carbocycles. The molecule has 0 aliphatic rings. The van der Waals surface area contributed by atoms with Crippen molar-refractivity contribution in [3.05, 3.63) is 77.2 Å². The number of rotatable bonds is 8. The summed E-state index contributed by atoms with van der Waals surface area (Å²) in [6, 6.07) is 19.9. The lowest BCUT2D eigenvalue weighted by Gasteiger charge is -2.12. The Kier molecular flexibility index (Phi) is 6.69. The first-order chi connectivity index (χ1) is 15.1. The highest BCUT2D eigenvalue weighted by Crippen LogP contribution is 2.29. The maximum absolute atomic E-state index is 12.6. The Bertz CT molecular complexity index is 1160. The van der Waals surface area contributed by atoms with Gasteiger partial charge in [0.05, 0.1) is 30.0 Å². The summed E-state index contributed by atoms with van der Waals surface area (Å²) < 4.78 is 7.41. The minimum Gasteiger partial charge on any atom is -0.495 e. The van der Waals surface area contributed by atoms with Gasteiger partial charge in [-0.3, -0.25) is 9.36 Å². The molecule has 6 nitrogen and oxygen atoms in total.